The van der Waals surface area contributed by atoms with Crippen LogP contribution in [0.1, 0.15) is 12.8 Å². The maximum absolute atomic E-state index is 3.36. The molecule has 0 nitrogen and oxygen atoms in total. The third-order valence-corrected chi connectivity index (χ3v) is 4.05. The normalized spacial score (nSPS) is 14.1. The first kappa shape index (κ1) is 25.6. The van der Waals surface area contributed by atoms with Crippen LogP contribution in [0.2, 0.25) is 32.7 Å². The molecule has 0 radical (unpaired) electrons. The average molecular weight is 379 g/mol. The molecule has 0 saturated carbocycles. The minimum atomic E-state index is -1.01. The molecule has 0 saturated heterocycles. The molecule has 2 aliphatic rings. The average Bonchev–Trinajstić information content (AvgIpc) is 2.93. The summed E-state index contributed by atoms with van der Waals surface area (Å²) in [6, 6.07) is 0. The Labute approximate surface area is 150 Å². The number of hydrogen-bond acceptors (Lipinski definition) is 0. The first-order chi connectivity index (χ1) is 8.34. The van der Waals surface area contributed by atoms with E-state index in [1.807, 2.05) is 12.2 Å². The van der Waals surface area contributed by atoms with Crippen LogP contribution in [0.3, 0.4) is 0 Å². The fourth-order valence-electron chi connectivity index (χ4n) is 1.26. The SMILES string of the molecule is C[Si](C)(C)C1=[C-]CC=C1.C[Si](C)=[Ti+2].[C-]1=CC=CC1.[Cl-].[Cl-]. The van der Waals surface area contributed by atoms with Gasteiger partial charge in [-0.3, -0.25) is 12.2 Å². The van der Waals surface area contributed by atoms with Gasteiger partial charge in [-0.25, -0.2) is 23.4 Å². The van der Waals surface area contributed by atoms with Crippen molar-refractivity contribution >= 4 is 14.3 Å². The smallest absolute Gasteiger partial charge is 0.109 e. The van der Waals surface area contributed by atoms with Gasteiger partial charge in [0.15, 0.2) is 0 Å². The van der Waals surface area contributed by atoms with Crippen LogP contribution in [-0.4, -0.2) is 14.3 Å². The Morgan fingerprint density at radius 1 is 1.10 bits per heavy atom. The van der Waals surface area contributed by atoms with Crippen LogP contribution in [0.4, 0.5) is 0 Å². The third kappa shape index (κ3) is 16.7. The van der Waals surface area contributed by atoms with Crippen molar-refractivity contribution < 1.29 is 44.0 Å². The Morgan fingerprint density at radius 2 is 1.65 bits per heavy atom. The number of hydrogen-bond donors (Lipinski definition) is 0. The molecular formula is C15H24Cl2Si2Ti-2. The van der Waals surface area contributed by atoms with E-state index in [0.717, 1.165) is 12.8 Å². The van der Waals surface area contributed by atoms with Crippen LogP contribution in [0, 0.1) is 12.2 Å². The minimum Gasteiger partial charge on any atom is -1.00 e. The van der Waals surface area contributed by atoms with E-state index >= 15 is 0 Å². The molecule has 0 aromatic carbocycles. The zero-order valence-electron chi connectivity index (χ0n) is 13.1. The van der Waals surface area contributed by atoms with Crippen molar-refractivity contribution in [1.29, 1.82) is 0 Å². The summed E-state index contributed by atoms with van der Waals surface area (Å²) in [7, 11) is -1.01. The summed E-state index contributed by atoms with van der Waals surface area (Å²) < 4.78 is 0. The van der Waals surface area contributed by atoms with Crippen LogP contribution >= 0.6 is 0 Å². The van der Waals surface area contributed by atoms with Crippen molar-refractivity contribution in [2.24, 2.45) is 0 Å². The molecular weight excluding hydrogens is 355 g/mol. The maximum atomic E-state index is 3.36. The largest absolute Gasteiger partial charge is 1.00 e. The van der Waals surface area contributed by atoms with Crippen LogP contribution in [0.5, 0.6) is 0 Å². The van der Waals surface area contributed by atoms with Gasteiger partial charge in [-0.05, 0) is 0 Å². The van der Waals surface area contributed by atoms with E-state index in [-0.39, 0.29) is 31.0 Å². The van der Waals surface area contributed by atoms with Crippen LogP contribution in [-0.2, 0) is 19.2 Å². The zero-order chi connectivity index (χ0) is 14.0. The van der Waals surface area contributed by atoms with Crippen LogP contribution in [0.25, 0.3) is 0 Å². The monoisotopic (exact) mass is 378 g/mol. The molecule has 0 spiro atoms. The first-order valence-electron chi connectivity index (χ1n) is 6.35. The molecule has 0 unspecified atom stereocenters. The van der Waals surface area contributed by atoms with Gasteiger partial charge < -0.3 is 24.8 Å². The van der Waals surface area contributed by atoms with Crippen molar-refractivity contribution in [3.8, 4) is 0 Å². The second-order valence-corrected chi connectivity index (χ2v) is 17.2. The summed E-state index contributed by atoms with van der Waals surface area (Å²) in [5, 5.41) is 1.49. The van der Waals surface area contributed by atoms with Crippen molar-refractivity contribution in [3.63, 3.8) is 0 Å². The fourth-order valence-corrected chi connectivity index (χ4v) is 2.51. The summed E-state index contributed by atoms with van der Waals surface area (Å²) in [6.45, 7) is 11.6. The van der Waals surface area contributed by atoms with Gasteiger partial charge in [-0.15, -0.1) is 12.8 Å². The molecule has 0 N–H and O–H groups in total. The predicted molar refractivity (Wildman–Crippen MR) is 82.9 cm³/mol. The van der Waals surface area contributed by atoms with Crippen LogP contribution < -0.4 is 24.8 Å². The molecule has 0 aromatic heterocycles. The summed E-state index contributed by atoms with van der Waals surface area (Å²) in [5.41, 5.74) is 0. The van der Waals surface area contributed by atoms with Gasteiger partial charge in [-0.2, -0.15) is 12.2 Å². The minimum absolute atomic E-state index is 0. The zero-order valence-corrected chi connectivity index (χ0v) is 18.1. The van der Waals surface area contributed by atoms with Crippen molar-refractivity contribution in [1.82, 2.24) is 0 Å². The summed E-state index contributed by atoms with van der Waals surface area (Å²) in [5.74, 6) is 0. The topological polar surface area (TPSA) is 0 Å². The van der Waals surface area contributed by atoms with E-state index in [9.17, 15) is 0 Å². The number of allylic oxidation sites excluding steroid dienone is 8. The Bertz CT molecular complexity index is 364. The standard InChI is InChI=1S/C8H13Si.C5H5.C2H6Si.2ClH.Ti/c1-9(2,3)8-6-4-5-7-8;1-2-4-5-3-1;1-3-2;;;/h4,6H,5H2,1-3H3;1-3H,4H2;1-2H3;2*1H;/q2*-1;;;;+2/p-2. The van der Waals surface area contributed by atoms with E-state index in [1.54, 1.807) is 0 Å². The van der Waals surface area contributed by atoms with Crippen LogP contribution in [0.15, 0.2) is 35.6 Å². The molecule has 20 heavy (non-hydrogen) atoms. The third-order valence-electron chi connectivity index (χ3n) is 2.09. The molecule has 0 atom stereocenters. The Hall–Kier alpha value is 0.688. The van der Waals surface area contributed by atoms with Gasteiger partial charge >= 0.3 is 38.5 Å². The Kier molecular flexibility index (Phi) is 18.7. The van der Waals surface area contributed by atoms with Crippen molar-refractivity contribution in [2.75, 3.05) is 0 Å². The molecule has 2 aliphatic carbocycles. The fraction of sp³-hybridized carbons (Fsp3) is 0.467. The molecule has 112 valence electrons. The van der Waals surface area contributed by atoms with Gasteiger partial charge in [0.25, 0.3) is 0 Å². The van der Waals surface area contributed by atoms with Gasteiger partial charge in [0, 0.05) is 8.07 Å². The second-order valence-electron chi connectivity index (χ2n) is 5.45. The number of rotatable bonds is 1. The second kappa shape index (κ2) is 14.6. The molecule has 0 heterocycles. The molecule has 0 fully saturated rings. The molecule has 0 bridgehead atoms. The van der Waals surface area contributed by atoms with Gasteiger partial charge in [0.1, 0.15) is 0 Å². The summed E-state index contributed by atoms with van der Waals surface area (Å²) >= 11 is 2.27. The van der Waals surface area contributed by atoms with Gasteiger partial charge in [0.05, 0.1) is 0 Å². The van der Waals surface area contributed by atoms with Gasteiger partial charge in [0.2, 0.25) is 0 Å². The van der Waals surface area contributed by atoms with E-state index in [2.05, 4.69) is 82.3 Å². The van der Waals surface area contributed by atoms with Crippen molar-refractivity contribution in [3.05, 3.63) is 47.7 Å². The quantitative estimate of drug-likeness (QED) is 0.391. The predicted octanol–water partition coefficient (Wildman–Crippen LogP) is -1.35. The number of halogens is 2. The summed E-state index contributed by atoms with van der Waals surface area (Å²) in [4.78, 5) is 0. The molecule has 5 heteroatoms. The first-order valence-corrected chi connectivity index (χ1v) is 14.7. The molecule has 0 amide bonds. The molecule has 0 aromatic rings. The van der Waals surface area contributed by atoms with E-state index in [4.69, 9.17) is 0 Å². The van der Waals surface area contributed by atoms with Crippen molar-refractivity contribution in [2.45, 2.75) is 45.6 Å². The van der Waals surface area contributed by atoms with E-state index < -0.39 is 8.07 Å². The van der Waals surface area contributed by atoms with E-state index in [0.29, 0.717) is 0 Å². The van der Waals surface area contributed by atoms with E-state index in [1.165, 1.54) is 5.20 Å². The Morgan fingerprint density at radius 3 is 1.80 bits per heavy atom. The summed E-state index contributed by atoms with van der Waals surface area (Å²) in [6.07, 6.45) is 18.9. The molecule has 2 rings (SSSR count). The Balaban J connectivity index is -0.000000228. The van der Waals surface area contributed by atoms with Gasteiger partial charge in [-0.1, -0.05) is 19.6 Å². The maximum Gasteiger partial charge on any atom is -0.109 e. The molecule has 0 aliphatic heterocycles.